The number of Topliss-reactive ketones (excluding diaryl/α,β-unsaturated/α-hetero) is 1. The molecule has 0 saturated heterocycles. The molecule has 0 spiro atoms. The maximum absolute atomic E-state index is 11.1. The second kappa shape index (κ2) is 2.06. The average Bonchev–Trinajstić information content (AvgIpc) is 2.42. The van der Waals surface area contributed by atoms with Gasteiger partial charge in [0.05, 0.1) is 0 Å². The fraction of sp³-hybridized carbons (Fsp3) is 0.750. The molecule has 0 amide bonds. The monoisotopic (exact) mass is 139 g/mol. The van der Waals surface area contributed by atoms with Crippen molar-refractivity contribution in [3.8, 4) is 0 Å². The van der Waals surface area contributed by atoms with Crippen molar-refractivity contribution >= 4 is 5.78 Å². The van der Waals surface area contributed by atoms with Gasteiger partial charge in [-0.25, -0.2) is 0 Å². The van der Waals surface area contributed by atoms with Crippen LogP contribution >= 0.6 is 0 Å². The number of aliphatic hydroxyl groups excluding tert-OH is 1. The SMILES string of the molecule is O=C1CC2[CH]CC1C2CO. The highest BCUT2D eigenvalue weighted by molar-refractivity contribution is 5.85. The molecule has 0 aromatic carbocycles. The van der Waals surface area contributed by atoms with E-state index in [0.717, 1.165) is 6.42 Å². The molecular weight excluding hydrogens is 128 g/mol. The van der Waals surface area contributed by atoms with E-state index < -0.39 is 0 Å². The van der Waals surface area contributed by atoms with Crippen molar-refractivity contribution in [2.75, 3.05) is 6.61 Å². The third-order valence-electron chi connectivity index (χ3n) is 2.82. The minimum atomic E-state index is 0.176. The van der Waals surface area contributed by atoms with Crippen LogP contribution in [0.15, 0.2) is 0 Å². The fourth-order valence-corrected chi connectivity index (χ4v) is 2.22. The molecule has 0 heterocycles. The van der Waals surface area contributed by atoms with E-state index in [0.29, 0.717) is 18.1 Å². The van der Waals surface area contributed by atoms with Crippen LogP contribution in [0.5, 0.6) is 0 Å². The van der Waals surface area contributed by atoms with Gasteiger partial charge in [0.1, 0.15) is 5.78 Å². The van der Waals surface area contributed by atoms with Crippen LogP contribution in [-0.2, 0) is 4.79 Å². The van der Waals surface area contributed by atoms with Crippen LogP contribution in [0.25, 0.3) is 0 Å². The number of hydrogen-bond donors (Lipinski definition) is 1. The summed E-state index contributed by atoms with van der Waals surface area (Å²) in [4.78, 5) is 11.1. The third kappa shape index (κ3) is 0.655. The maximum Gasteiger partial charge on any atom is 0.136 e. The normalized spacial score (nSPS) is 44.9. The van der Waals surface area contributed by atoms with E-state index >= 15 is 0 Å². The van der Waals surface area contributed by atoms with Gasteiger partial charge in [-0.15, -0.1) is 0 Å². The smallest absolute Gasteiger partial charge is 0.136 e. The number of rotatable bonds is 1. The lowest BCUT2D eigenvalue weighted by molar-refractivity contribution is -0.121. The molecule has 0 aromatic heterocycles. The number of carbonyl (C=O) groups is 1. The molecule has 2 fully saturated rings. The first-order valence-corrected chi connectivity index (χ1v) is 3.80. The van der Waals surface area contributed by atoms with Gasteiger partial charge < -0.3 is 5.11 Å². The Hall–Kier alpha value is -0.370. The lowest BCUT2D eigenvalue weighted by Crippen LogP contribution is -2.13. The standard InChI is InChI=1S/C8H11O2/c9-4-7-5-1-2-6(7)8(10)3-5/h1,5-7,9H,2-4H2. The molecule has 2 saturated carbocycles. The van der Waals surface area contributed by atoms with Gasteiger partial charge in [-0.05, 0) is 24.7 Å². The lowest BCUT2D eigenvalue weighted by atomic mass is 9.99. The van der Waals surface area contributed by atoms with Crippen molar-refractivity contribution in [3.05, 3.63) is 6.42 Å². The highest BCUT2D eigenvalue weighted by atomic mass is 16.3. The van der Waals surface area contributed by atoms with Crippen molar-refractivity contribution in [3.63, 3.8) is 0 Å². The summed E-state index contributed by atoms with van der Waals surface area (Å²) in [6.07, 6.45) is 3.79. The van der Waals surface area contributed by atoms with Crippen molar-refractivity contribution in [1.82, 2.24) is 0 Å². The largest absolute Gasteiger partial charge is 0.396 e. The Morgan fingerprint density at radius 2 is 2.50 bits per heavy atom. The minimum Gasteiger partial charge on any atom is -0.396 e. The van der Waals surface area contributed by atoms with Crippen LogP contribution in [0.2, 0.25) is 0 Å². The molecule has 2 bridgehead atoms. The third-order valence-corrected chi connectivity index (χ3v) is 2.82. The Morgan fingerprint density at radius 1 is 1.70 bits per heavy atom. The zero-order chi connectivity index (χ0) is 7.14. The van der Waals surface area contributed by atoms with Crippen molar-refractivity contribution in [2.24, 2.45) is 17.8 Å². The Balaban J connectivity index is 2.18. The first-order chi connectivity index (χ1) is 4.83. The number of carbonyl (C=O) groups excluding carboxylic acids is 1. The Morgan fingerprint density at radius 3 is 2.80 bits per heavy atom. The number of fused-ring (bicyclic) bond motifs is 2. The molecule has 3 atom stereocenters. The molecule has 2 rings (SSSR count). The van der Waals surface area contributed by atoms with Crippen molar-refractivity contribution in [2.45, 2.75) is 12.8 Å². The van der Waals surface area contributed by atoms with Gasteiger partial charge in [-0.1, -0.05) is 0 Å². The topological polar surface area (TPSA) is 37.3 Å². The molecule has 2 nitrogen and oxygen atoms in total. The zero-order valence-corrected chi connectivity index (χ0v) is 5.79. The molecule has 55 valence electrons. The second-order valence-corrected chi connectivity index (χ2v) is 3.26. The van der Waals surface area contributed by atoms with E-state index in [2.05, 4.69) is 6.42 Å². The van der Waals surface area contributed by atoms with Gasteiger partial charge in [-0.3, -0.25) is 4.79 Å². The summed E-state index contributed by atoms with van der Waals surface area (Å²) in [6.45, 7) is 0.192. The van der Waals surface area contributed by atoms with E-state index in [1.807, 2.05) is 0 Å². The molecule has 0 aliphatic heterocycles. The highest BCUT2D eigenvalue weighted by Gasteiger charge is 2.46. The molecular formula is C8H11O2. The fourth-order valence-electron chi connectivity index (χ4n) is 2.22. The van der Waals surface area contributed by atoms with Crippen LogP contribution in [0.4, 0.5) is 0 Å². The number of hydrogen-bond acceptors (Lipinski definition) is 2. The molecule has 2 aliphatic rings. The Bertz CT molecular complexity index is 165. The molecule has 10 heavy (non-hydrogen) atoms. The number of aliphatic hydroxyl groups is 1. The van der Waals surface area contributed by atoms with Gasteiger partial charge in [0, 0.05) is 18.9 Å². The zero-order valence-electron chi connectivity index (χ0n) is 5.79. The van der Waals surface area contributed by atoms with Crippen LogP contribution in [0.3, 0.4) is 0 Å². The predicted octanol–water partition coefficient (Wildman–Crippen LogP) is 0.408. The van der Waals surface area contributed by atoms with Crippen LogP contribution in [0.1, 0.15) is 12.8 Å². The number of ketones is 1. The summed E-state index contributed by atoms with van der Waals surface area (Å²) in [5.74, 6) is 1.22. The molecule has 0 aromatic rings. The van der Waals surface area contributed by atoms with Crippen LogP contribution < -0.4 is 0 Å². The molecule has 2 heteroatoms. The van der Waals surface area contributed by atoms with E-state index in [4.69, 9.17) is 5.11 Å². The van der Waals surface area contributed by atoms with Crippen molar-refractivity contribution < 1.29 is 9.90 Å². The summed E-state index contributed by atoms with van der Waals surface area (Å²) < 4.78 is 0. The summed E-state index contributed by atoms with van der Waals surface area (Å²) in [5.41, 5.74) is 0. The predicted molar refractivity (Wildman–Crippen MR) is 36.1 cm³/mol. The van der Waals surface area contributed by atoms with E-state index in [1.165, 1.54) is 0 Å². The van der Waals surface area contributed by atoms with E-state index in [1.54, 1.807) is 0 Å². The lowest BCUT2D eigenvalue weighted by Gasteiger charge is -2.07. The molecule has 1 N–H and O–H groups in total. The van der Waals surface area contributed by atoms with Gasteiger partial charge in [0.25, 0.3) is 0 Å². The molecule has 1 radical (unpaired) electrons. The van der Waals surface area contributed by atoms with Crippen molar-refractivity contribution in [1.29, 1.82) is 0 Å². The van der Waals surface area contributed by atoms with E-state index in [9.17, 15) is 4.79 Å². The van der Waals surface area contributed by atoms with Gasteiger partial charge in [0.15, 0.2) is 0 Å². The van der Waals surface area contributed by atoms with Gasteiger partial charge in [-0.2, -0.15) is 0 Å². The summed E-state index contributed by atoms with van der Waals surface area (Å²) in [6, 6.07) is 0. The molecule has 2 aliphatic carbocycles. The Kier molecular flexibility index (Phi) is 1.31. The second-order valence-electron chi connectivity index (χ2n) is 3.26. The first kappa shape index (κ1) is 6.35. The average molecular weight is 139 g/mol. The summed E-state index contributed by atoms with van der Waals surface area (Å²) in [7, 11) is 0. The van der Waals surface area contributed by atoms with Gasteiger partial charge >= 0.3 is 0 Å². The first-order valence-electron chi connectivity index (χ1n) is 3.80. The van der Waals surface area contributed by atoms with E-state index in [-0.39, 0.29) is 18.4 Å². The maximum atomic E-state index is 11.1. The quantitative estimate of drug-likeness (QED) is 0.571. The Labute approximate surface area is 60.2 Å². The van der Waals surface area contributed by atoms with Crippen LogP contribution in [-0.4, -0.2) is 17.5 Å². The van der Waals surface area contributed by atoms with Gasteiger partial charge in [0.2, 0.25) is 0 Å². The highest BCUT2D eigenvalue weighted by Crippen LogP contribution is 2.45. The summed E-state index contributed by atoms with van der Waals surface area (Å²) in [5, 5.41) is 8.89. The molecule has 3 unspecified atom stereocenters. The summed E-state index contributed by atoms with van der Waals surface area (Å²) >= 11 is 0. The minimum absolute atomic E-state index is 0.176. The van der Waals surface area contributed by atoms with Crippen LogP contribution in [0, 0.1) is 24.2 Å².